The maximum atomic E-state index is 5.79. The Labute approximate surface area is 110 Å². The van der Waals surface area contributed by atoms with E-state index in [1.165, 1.54) is 0 Å². The van der Waals surface area contributed by atoms with Crippen molar-refractivity contribution in [3.8, 4) is 5.75 Å². The predicted octanol–water partition coefficient (Wildman–Crippen LogP) is 1.87. The van der Waals surface area contributed by atoms with Crippen LogP contribution in [0.15, 0.2) is 24.3 Å². The van der Waals surface area contributed by atoms with Crippen molar-refractivity contribution in [3.05, 3.63) is 46.8 Å². The largest absolute Gasteiger partial charge is 0.486 e. The van der Waals surface area contributed by atoms with Crippen LogP contribution in [0.25, 0.3) is 0 Å². The number of benzene rings is 1. The van der Waals surface area contributed by atoms with Crippen molar-refractivity contribution < 1.29 is 4.74 Å². The summed E-state index contributed by atoms with van der Waals surface area (Å²) in [4.78, 5) is 12.5. The van der Waals surface area contributed by atoms with Gasteiger partial charge in [0.05, 0.1) is 6.54 Å². The third-order valence-electron chi connectivity index (χ3n) is 2.20. The van der Waals surface area contributed by atoms with Gasteiger partial charge in [-0.05, 0) is 31.2 Å². The Morgan fingerprint density at radius 2 is 1.78 bits per heavy atom. The average Bonchev–Trinajstić information content (AvgIpc) is 2.37. The molecular weight excluding hydrogens is 252 g/mol. The molecule has 1 heterocycles. The summed E-state index contributed by atoms with van der Waals surface area (Å²) in [6.07, 6.45) is 0. The number of nitrogens with two attached hydrogens (primary N) is 1. The summed E-state index contributed by atoms with van der Waals surface area (Å²) in [6, 6.07) is 7.11. The van der Waals surface area contributed by atoms with Crippen molar-refractivity contribution >= 4 is 11.6 Å². The molecule has 0 aliphatic rings. The number of nitrogens with zero attached hydrogens (tertiary/aromatic N) is 3. The molecule has 5 nitrogen and oxygen atoms in total. The van der Waals surface area contributed by atoms with E-state index in [-0.39, 0.29) is 13.2 Å². The van der Waals surface area contributed by atoms with E-state index in [2.05, 4.69) is 15.0 Å². The van der Waals surface area contributed by atoms with Gasteiger partial charge in [-0.25, -0.2) is 15.0 Å². The molecule has 0 aliphatic heterocycles. The molecular formula is C12H13ClN4O. The molecule has 2 rings (SSSR count). The van der Waals surface area contributed by atoms with Gasteiger partial charge in [-0.2, -0.15) is 0 Å². The van der Waals surface area contributed by atoms with Gasteiger partial charge in [0.2, 0.25) is 0 Å². The summed E-state index contributed by atoms with van der Waals surface area (Å²) in [5, 5.41) is 0.670. The fourth-order valence-electron chi connectivity index (χ4n) is 1.43. The molecule has 2 aromatic rings. The van der Waals surface area contributed by atoms with Crippen molar-refractivity contribution in [2.24, 2.45) is 5.73 Å². The van der Waals surface area contributed by atoms with E-state index in [4.69, 9.17) is 22.1 Å². The Morgan fingerprint density at radius 3 is 2.44 bits per heavy atom. The summed E-state index contributed by atoms with van der Waals surface area (Å²) < 4.78 is 5.55. The first-order valence-electron chi connectivity index (χ1n) is 5.46. The number of aromatic nitrogens is 3. The number of aryl methyl sites for hydroxylation is 1. The summed E-state index contributed by atoms with van der Waals surface area (Å²) in [6.45, 7) is 2.36. The molecule has 0 saturated carbocycles. The molecule has 94 valence electrons. The molecule has 0 fully saturated rings. The normalized spacial score (nSPS) is 10.4. The lowest BCUT2D eigenvalue weighted by molar-refractivity contribution is 0.294. The van der Waals surface area contributed by atoms with Gasteiger partial charge in [0, 0.05) is 5.02 Å². The fraction of sp³-hybridized carbons (Fsp3) is 0.250. The molecule has 0 saturated heterocycles. The first kappa shape index (κ1) is 12.7. The van der Waals surface area contributed by atoms with Crippen molar-refractivity contribution in [1.82, 2.24) is 15.0 Å². The van der Waals surface area contributed by atoms with E-state index >= 15 is 0 Å². The van der Waals surface area contributed by atoms with Crippen LogP contribution in [0.5, 0.6) is 5.75 Å². The summed E-state index contributed by atoms with van der Waals surface area (Å²) in [5.41, 5.74) is 5.50. The molecule has 1 aromatic carbocycles. The van der Waals surface area contributed by atoms with E-state index in [0.717, 1.165) is 0 Å². The highest BCUT2D eigenvalue weighted by Crippen LogP contribution is 2.16. The maximum absolute atomic E-state index is 5.79. The lowest BCUT2D eigenvalue weighted by atomic mass is 10.3. The Balaban J connectivity index is 2.05. The molecule has 0 spiro atoms. The number of hydrogen-bond acceptors (Lipinski definition) is 5. The van der Waals surface area contributed by atoms with Crippen LogP contribution in [0, 0.1) is 6.92 Å². The van der Waals surface area contributed by atoms with E-state index in [1.807, 2.05) is 0 Å². The first-order valence-corrected chi connectivity index (χ1v) is 5.84. The monoisotopic (exact) mass is 264 g/mol. The average molecular weight is 265 g/mol. The topological polar surface area (TPSA) is 73.9 Å². The number of halogens is 1. The van der Waals surface area contributed by atoms with Crippen molar-refractivity contribution in [2.45, 2.75) is 20.1 Å². The minimum absolute atomic E-state index is 0.276. The van der Waals surface area contributed by atoms with Crippen LogP contribution < -0.4 is 10.5 Å². The van der Waals surface area contributed by atoms with E-state index < -0.39 is 0 Å². The van der Waals surface area contributed by atoms with Gasteiger partial charge in [0.15, 0.2) is 5.82 Å². The zero-order valence-electron chi connectivity index (χ0n) is 9.93. The lowest BCUT2D eigenvalue weighted by Crippen LogP contribution is -2.11. The van der Waals surface area contributed by atoms with Crippen LogP contribution in [-0.2, 0) is 13.2 Å². The van der Waals surface area contributed by atoms with Gasteiger partial charge in [-0.15, -0.1) is 0 Å². The highest BCUT2D eigenvalue weighted by molar-refractivity contribution is 6.30. The quantitative estimate of drug-likeness (QED) is 0.913. The molecule has 2 N–H and O–H groups in total. The third-order valence-corrected chi connectivity index (χ3v) is 2.46. The first-order chi connectivity index (χ1) is 8.67. The van der Waals surface area contributed by atoms with Crippen molar-refractivity contribution in [1.29, 1.82) is 0 Å². The second kappa shape index (κ2) is 5.75. The third kappa shape index (κ3) is 3.38. The summed E-state index contributed by atoms with van der Waals surface area (Å²) in [7, 11) is 0. The Hall–Kier alpha value is -1.72. The number of rotatable bonds is 4. The Bertz CT molecular complexity index is 530. The minimum atomic E-state index is 0.276. The second-order valence-corrected chi connectivity index (χ2v) is 4.10. The maximum Gasteiger partial charge on any atom is 0.170 e. The van der Waals surface area contributed by atoms with E-state index in [0.29, 0.717) is 28.2 Å². The standard InChI is InChI=1S/C12H13ClN4O/c1-8-15-11(6-14)17-12(16-8)7-18-10-4-2-9(13)3-5-10/h2-5H,6-7,14H2,1H3. The number of ether oxygens (including phenoxy) is 1. The summed E-state index contributed by atoms with van der Waals surface area (Å²) in [5.74, 6) is 2.49. The van der Waals surface area contributed by atoms with Crippen LogP contribution in [-0.4, -0.2) is 15.0 Å². The van der Waals surface area contributed by atoms with Crippen LogP contribution in [0.4, 0.5) is 0 Å². The molecule has 0 amide bonds. The van der Waals surface area contributed by atoms with Crippen molar-refractivity contribution in [3.63, 3.8) is 0 Å². The molecule has 6 heteroatoms. The molecule has 0 radical (unpaired) electrons. The van der Waals surface area contributed by atoms with Gasteiger partial charge in [0.25, 0.3) is 0 Å². The van der Waals surface area contributed by atoms with Crippen molar-refractivity contribution in [2.75, 3.05) is 0 Å². The Morgan fingerprint density at radius 1 is 1.11 bits per heavy atom. The molecule has 0 bridgehead atoms. The molecule has 0 aliphatic carbocycles. The predicted molar refractivity (Wildman–Crippen MR) is 68.2 cm³/mol. The molecule has 1 aromatic heterocycles. The highest BCUT2D eigenvalue weighted by Gasteiger charge is 2.03. The zero-order valence-corrected chi connectivity index (χ0v) is 10.7. The fourth-order valence-corrected chi connectivity index (χ4v) is 1.56. The zero-order chi connectivity index (χ0) is 13.0. The van der Waals surface area contributed by atoms with Gasteiger partial charge in [0.1, 0.15) is 24.0 Å². The van der Waals surface area contributed by atoms with Crippen LogP contribution in [0.3, 0.4) is 0 Å². The second-order valence-electron chi connectivity index (χ2n) is 3.66. The SMILES string of the molecule is Cc1nc(CN)nc(COc2ccc(Cl)cc2)n1. The lowest BCUT2D eigenvalue weighted by Gasteiger charge is -2.06. The van der Waals surface area contributed by atoms with Gasteiger partial charge in [-0.3, -0.25) is 0 Å². The smallest absolute Gasteiger partial charge is 0.170 e. The van der Waals surface area contributed by atoms with Crippen LogP contribution in [0.2, 0.25) is 5.02 Å². The van der Waals surface area contributed by atoms with Gasteiger partial charge < -0.3 is 10.5 Å². The van der Waals surface area contributed by atoms with Crippen LogP contribution >= 0.6 is 11.6 Å². The number of hydrogen-bond donors (Lipinski definition) is 1. The molecule has 18 heavy (non-hydrogen) atoms. The highest BCUT2D eigenvalue weighted by atomic mass is 35.5. The summed E-state index contributed by atoms with van der Waals surface area (Å²) >= 11 is 5.79. The van der Waals surface area contributed by atoms with Crippen LogP contribution in [0.1, 0.15) is 17.5 Å². The molecule has 0 atom stereocenters. The minimum Gasteiger partial charge on any atom is -0.486 e. The van der Waals surface area contributed by atoms with E-state index in [9.17, 15) is 0 Å². The van der Waals surface area contributed by atoms with Gasteiger partial charge in [-0.1, -0.05) is 11.6 Å². The Kier molecular flexibility index (Phi) is 4.07. The molecule has 0 unspecified atom stereocenters. The van der Waals surface area contributed by atoms with E-state index in [1.54, 1.807) is 31.2 Å². The van der Waals surface area contributed by atoms with Gasteiger partial charge >= 0.3 is 0 Å².